The molecule has 1 aliphatic rings. The minimum absolute atomic E-state index is 0.0283. The summed E-state index contributed by atoms with van der Waals surface area (Å²) in [5.74, 6) is 5.66. The molecule has 0 radical (unpaired) electrons. The molecule has 4 heteroatoms. The molecule has 1 aromatic carbocycles. The van der Waals surface area contributed by atoms with Crippen LogP contribution in [0.15, 0.2) is 29.8 Å². The molecule has 0 saturated heterocycles. The summed E-state index contributed by atoms with van der Waals surface area (Å²) in [5.41, 5.74) is 5.28. The lowest BCUT2D eigenvalue weighted by Gasteiger charge is -2.21. The molecule has 0 heterocycles. The number of nitrogens with two attached hydrogens (primary N) is 1. The van der Waals surface area contributed by atoms with E-state index in [9.17, 15) is 0 Å². The van der Waals surface area contributed by atoms with Crippen LogP contribution >= 0.6 is 23.2 Å². The van der Waals surface area contributed by atoms with Crippen molar-refractivity contribution in [3.8, 4) is 0 Å². The average Bonchev–Trinajstić information content (AvgIpc) is 2.40. The predicted molar refractivity (Wildman–Crippen MR) is 77.7 cm³/mol. The highest BCUT2D eigenvalue weighted by atomic mass is 35.5. The topological polar surface area (TPSA) is 38.0 Å². The molecule has 18 heavy (non-hydrogen) atoms. The third-order valence-corrected chi connectivity index (χ3v) is 3.97. The Bertz CT molecular complexity index is 443. The molecule has 0 bridgehead atoms. The van der Waals surface area contributed by atoms with Gasteiger partial charge in [-0.3, -0.25) is 11.3 Å². The maximum Gasteiger partial charge on any atom is 0.0512 e. The van der Waals surface area contributed by atoms with Crippen molar-refractivity contribution < 1.29 is 0 Å². The van der Waals surface area contributed by atoms with E-state index in [2.05, 4.69) is 11.5 Å². The second-order valence-corrected chi connectivity index (χ2v) is 5.54. The summed E-state index contributed by atoms with van der Waals surface area (Å²) in [7, 11) is 0. The van der Waals surface area contributed by atoms with E-state index in [1.165, 1.54) is 24.8 Å². The maximum absolute atomic E-state index is 6.21. The molecule has 2 rings (SSSR count). The maximum atomic E-state index is 6.21. The van der Waals surface area contributed by atoms with Gasteiger partial charge in [0.05, 0.1) is 6.04 Å². The van der Waals surface area contributed by atoms with E-state index in [1.807, 2.05) is 12.1 Å². The van der Waals surface area contributed by atoms with Crippen molar-refractivity contribution in [3.05, 3.63) is 45.5 Å². The Hall–Kier alpha value is -0.540. The third kappa shape index (κ3) is 3.48. The minimum Gasteiger partial charge on any atom is -0.271 e. The molecule has 1 atom stereocenters. The number of nitrogens with one attached hydrogen (secondary N) is 1. The summed E-state index contributed by atoms with van der Waals surface area (Å²) >= 11 is 12.2. The molecule has 0 fully saturated rings. The van der Waals surface area contributed by atoms with E-state index in [0.717, 1.165) is 18.4 Å². The van der Waals surface area contributed by atoms with Crippen molar-refractivity contribution >= 4 is 23.2 Å². The predicted octanol–water partition coefficient (Wildman–Crippen LogP) is 4.39. The normalized spacial score (nSPS) is 17.4. The van der Waals surface area contributed by atoms with E-state index >= 15 is 0 Å². The number of benzene rings is 1. The molecule has 0 amide bonds. The monoisotopic (exact) mass is 284 g/mol. The van der Waals surface area contributed by atoms with Crippen molar-refractivity contribution in [2.24, 2.45) is 5.84 Å². The zero-order valence-electron chi connectivity index (χ0n) is 10.3. The molecule has 1 unspecified atom stereocenters. The van der Waals surface area contributed by atoms with Gasteiger partial charge in [-0.25, -0.2) is 0 Å². The largest absolute Gasteiger partial charge is 0.271 e. The van der Waals surface area contributed by atoms with Crippen molar-refractivity contribution in [2.75, 3.05) is 0 Å². The Morgan fingerprint density at radius 3 is 2.78 bits per heavy atom. The van der Waals surface area contributed by atoms with Crippen LogP contribution in [0.4, 0.5) is 0 Å². The van der Waals surface area contributed by atoms with Crippen LogP contribution in [0.2, 0.25) is 10.0 Å². The summed E-state index contributed by atoms with van der Waals surface area (Å²) < 4.78 is 0. The van der Waals surface area contributed by atoms with E-state index in [1.54, 1.807) is 6.07 Å². The fraction of sp³-hybridized carbons (Fsp3) is 0.429. The van der Waals surface area contributed by atoms with Crippen LogP contribution in [0.1, 0.15) is 43.7 Å². The molecule has 1 aliphatic carbocycles. The van der Waals surface area contributed by atoms with E-state index < -0.39 is 0 Å². The Morgan fingerprint density at radius 2 is 2.11 bits per heavy atom. The zero-order chi connectivity index (χ0) is 13.0. The van der Waals surface area contributed by atoms with Gasteiger partial charge in [0.25, 0.3) is 0 Å². The van der Waals surface area contributed by atoms with Gasteiger partial charge < -0.3 is 0 Å². The summed E-state index contributed by atoms with van der Waals surface area (Å²) in [6.07, 6.45) is 8.13. The number of halogens is 2. The molecule has 1 aromatic rings. The Balaban J connectivity index is 2.17. The summed E-state index contributed by atoms with van der Waals surface area (Å²) in [4.78, 5) is 0. The first-order valence-electron chi connectivity index (χ1n) is 6.29. The number of hydrogen-bond acceptors (Lipinski definition) is 2. The molecular weight excluding hydrogens is 267 g/mol. The molecule has 3 N–H and O–H groups in total. The van der Waals surface area contributed by atoms with Gasteiger partial charge in [0.1, 0.15) is 0 Å². The molecule has 0 aliphatic heterocycles. The van der Waals surface area contributed by atoms with E-state index in [4.69, 9.17) is 29.0 Å². The van der Waals surface area contributed by atoms with Crippen LogP contribution in [0, 0.1) is 0 Å². The highest BCUT2D eigenvalue weighted by Crippen LogP contribution is 2.32. The van der Waals surface area contributed by atoms with Crippen LogP contribution in [-0.2, 0) is 0 Å². The first kappa shape index (κ1) is 13.9. The van der Waals surface area contributed by atoms with Gasteiger partial charge in [0.2, 0.25) is 0 Å². The molecule has 2 nitrogen and oxygen atoms in total. The smallest absolute Gasteiger partial charge is 0.0512 e. The van der Waals surface area contributed by atoms with E-state index in [0.29, 0.717) is 10.0 Å². The van der Waals surface area contributed by atoms with Crippen molar-refractivity contribution in [2.45, 2.75) is 38.1 Å². The van der Waals surface area contributed by atoms with E-state index in [-0.39, 0.29) is 6.04 Å². The molecule has 98 valence electrons. The van der Waals surface area contributed by atoms with Gasteiger partial charge >= 0.3 is 0 Å². The Kier molecular flexibility index (Phi) is 5.07. The van der Waals surface area contributed by atoms with Gasteiger partial charge in [0.15, 0.2) is 0 Å². The highest BCUT2D eigenvalue weighted by molar-refractivity contribution is 6.33. The standard InChI is InChI=1S/C14H18Cl2N2/c15-11-6-7-13(16)12(9-11)14(18-17)8-10-4-2-1-3-5-10/h4,6-7,9,14,18H,1-3,5,8,17H2. The van der Waals surface area contributed by atoms with Crippen LogP contribution in [0.5, 0.6) is 0 Å². The Labute approximate surface area is 118 Å². The molecule has 0 aromatic heterocycles. The highest BCUT2D eigenvalue weighted by Gasteiger charge is 2.16. The quantitative estimate of drug-likeness (QED) is 0.489. The number of hydrazine groups is 1. The lowest BCUT2D eigenvalue weighted by atomic mass is 9.92. The van der Waals surface area contributed by atoms with Gasteiger partial charge in [-0.15, -0.1) is 0 Å². The SMILES string of the molecule is NNC(CC1=CCCCC1)c1cc(Cl)ccc1Cl. The number of hydrogen-bond donors (Lipinski definition) is 2. The third-order valence-electron chi connectivity index (χ3n) is 3.39. The second kappa shape index (κ2) is 6.58. The first-order valence-corrected chi connectivity index (χ1v) is 7.05. The summed E-state index contributed by atoms with van der Waals surface area (Å²) in [6, 6.07) is 5.53. The van der Waals surface area contributed by atoms with Crippen LogP contribution in [0.3, 0.4) is 0 Å². The summed E-state index contributed by atoms with van der Waals surface area (Å²) in [5, 5.41) is 1.39. The van der Waals surface area contributed by atoms with Gasteiger partial charge in [-0.05, 0) is 55.9 Å². The fourth-order valence-electron chi connectivity index (χ4n) is 2.39. The van der Waals surface area contributed by atoms with Crippen LogP contribution < -0.4 is 11.3 Å². The van der Waals surface area contributed by atoms with Crippen molar-refractivity contribution in [1.29, 1.82) is 0 Å². The molecular formula is C14H18Cl2N2. The van der Waals surface area contributed by atoms with Crippen molar-refractivity contribution in [3.63, 3.8) is 0 Å². The van der Waals surface area contributed by atoms with Gasteiger partial charge in [0, 0.05) is 10.0 Å². The average molecular weight is 285 g/mol. The second-order valence-electron chi connectivity index (χ2n) is 4.70. The van der Waals surface area contributed by atoms with Gasteiger partial charge in [-0.2, -0.15) is 0 Å². The lowest BCUT2D eigenvalue weighted by molar-refractivity contribution is 0.529. The zero-order valence-corrected chi connectivity index (χ0v) is 11.8. The van der Waals surface area contributed by atoms with Crippen molar-refractivity contribution in [1.82, 2.24) is 5.43 Å². The van der Waals surface area contributed by atoms with Crippen LogP contribution in [0.25, 0.3) is 0 Å². The lowest BCUT2D eigenvalue weighted by Crippen LogP contribution is -2.28. The fourth-order valence-corrected chi connectivity index (χ4v) is 2.82. The summed E-state index contributed by atoms with van der Waals surface area (Å²) in [6.45, 7) is 0. The Morgan fingerprint density at radius 1 is 1.28 bits per heavy atom. The van der Waals surface area contributed by atoms with Crippen LogP contribution in [-0.4, -0.2) is 0 Å². The minimum atomic E-state index is 0.0283. The van der Waals surface area contributed by atoms with Gasteiger partial charge in [-0.1, -0.05) is 34.9 Å². The number of rotatable bonds is 4. The number of allylic oxidation sites excluding steroid dienone is 1. The molecule has 0 spiro atoms. The molecule has 0 saturated carbocycles. The first-order chi connectivity index (χ1) is 8.70.